The van der Waals surface area contributed by atoms with Crippen molar-refractivity contribution in [1.29, 1.82) is 0 Å². The van der Waals surface area contributed by atoms with Crippen molar-refractivity contribution in [2.24, 2.45) is 17.8 Å². The number of hydrogen-bond donors (Lipinski definition) is 2. The summed E-state index contributed by atoms with van der Waals surface area (Å²) in [5.41, 5.74) is 2.07. The number of benzene rings is 1. The molecule has 29 heavy (non-hydrogen) atoms. The molecule has 0 unspecified atom stereocenters. The third-order valence-electron chi connectivity index (χ3n) is 7.13. The molecule has 1 saturated heterocycles. The van der Waals surface area contributed by atoms with E-state index in [4.69, 9.17) is 17.3 Å². The minimum Gasteiger partial charge on any atom is -0.507 e. The van der Waals surface area contributed by atoms with Gasteiger partial charge in [-0.3, -0.25) is 14.5 Å². The second-order valence-corrected chi connectivity index (χ2v) is 10.8. The lowest BCUT2D eigenvalue weighted by atomic mass is 9.48. The van der Waals surface area contributed by atoms with Crippen LogP contribution in [0.4, 0.5) is 0 Å². The molecule has 4 aliphatic carbocycles. The van der Waals surface area contributed by atoms with Gasteiger partial charge in [-0.1, -0.05) is 30.0 Å². The predicted molar refractivity (Wildman–Crippen MR) is 115 cm³/mol. The zero-order chi connectivity index (χ0) is 20.3. The first kappa shape index (κ1) is 19.1. The van der Waals surface area contributed by atoms with Gasteiger partial charge < -0.3 is 10.2 Å². The first-order valence-electron chi connectivity index (χ1n) is 10.1. The highest BCUT2D eigenvalue weighted by Gasteiger charge is 2.51. The fraction of sp³-hybridized carbons (Fsp3) is 0.500. The Kier molecular flexibility index (Phi) is 4.51. The summed E-state index contributed by atoms with van der Waals surface area (Å²) in [4.78, 5) is 25.0. The summed E-state index contributed by atoms with van der Waals surface area (Å²) in [6.07, 6.45) is 9.45. The molecule has 0 radical (unpaired) electrons. The van der Waals surface area contributed by atoms with Gasteiger partial charge in [0.2, 0.25) is 0 Å². The van der Waals surface area contributed by atoms with Crippen molar-refractivity contribution in [3.63, 3.8) is 0 Å². The van der Waals surface area contributed by atoms with Crippen molar-refractivity contribution in [2.45, 2.75) is 43.9 Å². The molecule has 7 heteroatoms. The third kappa shape index (κ3) is 3.28. The van der Waals surface area contributed by atoms with Crippen LogP contribution in [-0.2, 0) is 15.0 Å². The van der Waals surface area contributed by atoms with E-state index in [1.54, 1.807) is 12.1 Å². The Bertz CT molecular complexity index is 919. The van der Waals surface area contributed by atoms with Crippen LogP contribution in [0.1, 0.15) is 49.7 Å². The van der Waals surface area contributed by atoms with E-state index < -0.39 is 18.4 Å². The lowest BCUT2D eigenvalue weighted by molar-refractivity contribution is -0.140. The highest BCUT2D eigenvalue weighted by molar-refractivity contribution is 8.26. The highest BCUT2D eigenvalue weighted by atomic mass is 32.2. The Labute approximate surface area is 179 Å². The topological polar surface area (TPSA) is 77.8 Å². The number of rotatable bonds is 4. The number of carbonyl (C=O) groups is 2. The smallest absolute Gasteiger partial charge is 0.323 e. The van der Waals surface area contributed by atoms with Crippen molar-refractivity contribution in [1.82, 2.24) is 4.90 Å². The fourth-order valence-electron chi connectivity index (χ4n) is 6.38. The van der Waals surface area contributed by atoms with E-state index in [2.05, 4.69) is 6.07 Å². The van der Waals surface area contributed by atoms with Gasteiger partial charge in [0, 0.05) is 5.56 Å². The molecule has 5 nitrogen and oxygen atoms in total. The molecule has 1 aromatic rings. The molecule has 1 aliphatic heterocycles. The molecule has 2 N–H and O–H groups in total. The number of phenols is 1. The molecule has 1 amide bonds. The van der Waals surface area contributed by atoms with Crippen molar-refractivity contribution in [2.75, 3.05) is 6.54 Å². The van der Waals surface area contributed by atoms with Crippen molar-refractivity contribution >= 4 is 46.3 Å². The SMILES string of the molecule is O=C(O)CN1C(=O)/C(=C\c2cc(C34CC5CC(CC(C5)C3)C4)ccc2O)SC1=S. The lowest BCUT2D eigenvalue weighted by Crippen LogP contribution is -2.48. The van der Waals surface area contributed by atoms with E-state index in [0.29, 0.717) is 10.5 Å². The maximum atomic E-state index is 12.6. The number of carbonyl (C=O) groups excluding carboxylic acids is 1. The monoisotopic (exact) mass is 429 g/mol. The number of carboxylic acids is 1. The number of hydrogen-bond acceptors (Lipinski definition) is 5. The number of thiocarbonyl (C=S) groups is 1. The minimum absolute atomic E-state index is 0.127. The molecule has 4 saturated carbocycles. The van der Waals surface area contributed by atoms with E-state index in [1.807, 2.05) is 6.07 Å². The van der Waals surface area contributed by atoms with Crippen LogP contribution in [0.15, 0.2) is 23.1 Å². The van der Waals surface area contributed by atoms with Gasteiger partial charge in [-0.2, -0.15) is 0 Å². The van der Waals surface area contributed by atoms with Gasteiger partial charge in [-0.15, -0.1) is 0 Å². The number of amides is 1. The third-order valence-corrected chi connectivity index (χ3v) is 8.51. The molecule has 0 aromatic heterocycles. The molecule has 6 rings (SSSR count). The van der Waals surface area contributed by atoms with Crippen LogP contribution in [0.3, 0.4) is 0 Å². The van der Waals surface area contributed by atoms with Crippen LogP contribution in [0, 0.1) is 17.8 Å². The number of thioether (sulfide) groups is 1. The second-order valence-electron chi connectivity index (χ2n) is 9.13. The number of phenolic OH excluding ortho intramolecular Hbond substituents is 1. The summed E-state index contributed by atoms with van der Waals surface area (Å²) in [7, 11) is 0. The van der Waals surface area contributed by atoms with Crippen LogP contribution >= 0.6 is 24.0 Å². The van der Waals surface area contributed by atoms with Crippen LogP contribution in [0.25, 0.3) is 6.08 Å². The molecule has 152 valence electrons. The van der Waals surface area contributed by atoms with E-state index in [1.165, 1.54) is 44.1 Å². The zero-order valence-corrected chi connectivity index (χ0v) is 17.6. The number of carboxylic acid groups (broad SMARTS) is 1. The quantitative estimate of drug-likeness (QED) is 0.553. The Balaban J connectivity index is 1.47. The lowest BCUT2D eigenvalue weighted by Gasteiger charge is -2.57. The molecule has 0 atom stereocenters. The predicted octanol–water partition coefficient (Wildman–Crippen LogP) is 4.15. The molecule has 5 fully saturated rings. The zero-order valence-electron chi connectivity index (χ0n) is 16.0. The number of aliphatic carboxylic acids is 1. The highest BCUT2D eigenvalue weighted by Crippen LogP contribution is 2.61. The summed E-state index contributed by atoms with van der Waals surface area (Å²) in [6.45, 7) is -0.443. The van der Waals surface area contributed by atoms with Crippen molar-refractivity contribution < 1.29 is 19.8 Å². The average molecular weight is 430 g/mol. The van der Waals surface area contributed by atoms with E-state index in [-0.39, 0.29) is 15.5 Å². The Hall–Kier alpha value is -1.86. The van der Waals surface area contributed by atoms with Gasteiger partial charge in [0.1, 0.15) is 16.6 Å². The van der Waals surface area contributed by atoms with Crippen molar-refractivity contribution in [3.05, 3.63) is 34.2 Å². The van der Waals surface area contributed by atoms with Crippen molar-refractivity contribution in [3.8, 4) is 5.75 Å². The van der Waals surface area contributed by atoms with Crippen LogP contribution in [0.2, 0.25) is 0 Å². The number of aromatic hydroxyl groups is 1. The molecular formula is C22H23NO4S2. The summed E-state index contributed by atoms with van der Waals surface area (Å²) >= 11 is 6.25. The summed E-state index contributed by atoms with van der Waals surface area (Å²) in [5, 5.41) is 19.4. The first-order chi connectivity index (χ1) is 13.8. The van der Waals surface area contributed by atoms with Crippen LogP contribution < -0.4 is 0 Å². The molecule has 4 bridgehead atoms. The van der Waals surface area contributed by atoms with Crippen LogP contribution in [0.5, 0.6) is 5.75 Å². The van der Waals surface area contributed by atoms with E-state index in [9.17, 15) is 14.7 Å². The Morgan fingerprint density at radius 1 is 1.21 bits per heavy atom. The maximum absolute atomic E-state index is 12.6. The van der Waals surface area contributed by atoms with Gasteiger partial charge in [0.25, 0.3) is 5.91 Å². The van der Waals surface area contributed by atoms with E-state index in [0.717, 1.165) is 34.4 Å². The molecule has 1 heterocycles. The fourth-order valence-corrected chi connectivity index (χ4v) is 7.62. The number of nitrogens with zero attached hydrogens (tertiary/aromatic N) is 1. The molecular weight excluding hydrogens is 406 g/mol. The standard InChI is InChI=1S/C22H23NO4S2/c24-17-2-1-16(22-8-12-3-13(9-22)5-14(4-12)10-22)6-15(17)7-18-20(27)23(11-19(25)26)21(28)29-18/h1-2,6-7,12-14,24H,3-5,8-11H2,(H,25,26)/b18-7+. The normalized spacial score (nSPS) is 34.4. The molecule has 5 aliphatic rings. The van der Waals surface area contributed by atoms with Gasteiger partial charge >= 0.3 is 5.97 Å². The summed E-state index contributed by atoms with van der Waals surface area (Å²) in [6, 6.07) is 5.82. The molecule has 0 spiro atoms. The minimum atomic E-state index is -1.10. The van der Waals surface area contributed by atoms with Gasteiger partial charge in [-0.05, 0) is 85.5 Å². The Morgan fingerprint density at radius 2 is 1.83 bits per heavy atom. The summed E-state index contributed by atoms with van der Waals surface area (Å²) in [5.74, 6) is 1.08. The summed E-state index contributed by atoms with van der Waals surface area (Å²) < 4.78 is 0.236. The first-order valence-corrected chi connectivity index (χ1v) is 11.4. The maximum Gasteiger partial charge on any atom is 0.323 e. The largest absolute Gasteiger partial charge is 0.507 e. The Morgan fingerprint density at radius 3 is 2.41 bits per heavy atom. The van der Waals surface area contributed by atoms with E-state index >= 15 is 0 Å². The van der Waals surface area contributed by atoms with Gasteiger partial charge in [0.15, 0.2) is 0 Å². The second kappa shape index (κ2) is 6.84. The molecule has 1 aromatic carbocycles. The van der Waals surface area contributed by atoms with Gasteiger partial charge in [-0.25, -0.2) is 0 Å². The van der Waals surface area contributed by atoms with Gasteiger partial charge in [0.05, 0.1) is 4.91 Å². The van der Waals surface area contributed by atoms with Crippen LogP contribution in [-0.4, -0.2) is 37.9 Å². The average Bonchev–Trinajstić information content (AvgIpc) is 2.89.